The summed E-state index contributed by atoms with van der Waals surface area (Å²) in [6.07, 6.45) is 12.2. The molecule has 0 unspecified atom stereocenters. The van der Waals surface area contributed by atoms with Gasteiger partial charge >= 0.3 is 0 Å². The van der Waals surface area contributed by atoms with Crippen LogP contribution in [-0.4, -0.2) is 9.97 Å². The summed E-state index contributed by atoms with van der Waals surface area (Å²) in [7, 11) is 0. The van der Waals surface area contributed by atoms with E-state index in [4.69, 9.17) is 0 Å². The Bertz CT molecular complexity index is 459. The summed E-state index contributed by atoms with van der Waals surface area (Å²) in [5.41, 5.74) is -0.143. The summed E-state index contributed by atoms with van der Waals surface area (Å²) in [5.74, 6) is 0. The fourth-order valence-corrected chi connectivity index (χ4v) is 3.79. The van der Waals surface area contributed by atoms with Crippen LogP contribution in [0, 0.1) is 10.8 Å². The van der Waals surface area contributed by atoms with Gasteiger partial charge in [-0.05, 0) is 0 Å². The summed E-state index contributed by atoms with van der Waals surface area (Å²) in [5, 5.41) is 0. The normalized spacial score (nSPS) is 13.8. The lowest BCUT2D eigenvalue weighted by Crippen LogP contribution is -2.82. The minimum Gasteiger partial charge on any atom is -0.250 e. The van der Waals surface area contributed by atoms with Crippen LogP contribution in [0.1, 0.15) is 41.5 Å². The number of nitrogens with one attached hydrogen (secondary N) is 2. The summed E-state index contributed by atoms with van der Waals surface area (Å²) in [4.78, 5) is 6.36. The fraction of sp³-hybridized carbons (Fsp3) is 0.600. The average Bonchev–Trinajstić information content (AvgIpc) is 2.85. The van der Waals surface area contributed by atoms with Crippen LogP contribution in [0.5, 0.6) is 0 Å². The molecule has 0 bridgehead atoms. The molecule has 2 N–H and O–H groups in total. The van der Waals surface area contributed by atoms with Gasteiger partial charge in [-0.25, -0.2) is 0 Å². The lowest BCUT2D eigenvalue weighted by molar-refractivity contribution is -1.02. The highest BCUT2D eigenvalue weighted by molar-refractivity contribution is 4.88. The first-order valence-electron chi connectivity index (χ1n) is 6.80. The highest BCUT2D eigenvalue weighted by atomic mass is 15.3. The Labute approximate surface area is 115 Å². The third kappa shape index (κ3) is 1.90. The first-order valence-corrected chi connectivity index (χ1v) is 6.80. The molecule has 0 spiro atoms. The molecule has 2 aromatic rings. The quantitative estimate of drug-likeness (QED) is 0.779. The van der Waals surface area contributed by atoms with E-state index in [-0.39, 0.29) is 16.5 Å². The van der Waals surface area contributed by atoms with Gasteiger partial charge in [0.15, 0.2) is 0 Å². The van der Waals surface area contributed by atoms with Crippen LogP contribution in [0.3, 0.4) is 0 Å². The fourth-order valence-electron chi connectivity index (χ4n) is 3.79. The second kappa shape index (κ2) is 4.22. The molecule has 0 atom stereocenters. The zero-order valence-electron chi connectivity index (χ0n) is 12.9. The molecular weight excluding hydrogens is 236 g/mol. The lowest BCUT2D eigenvalue weighted by atomic mass is 9.65. The Morgan fingerprint density at radius 1 is 0.684 bits per heavy atom. The molecule has 0 aliphatic heterocycles. The van der Waals surface area contributed by atoms with Crippen molar-refractivity contribution in [3.63, 3.8) is 0 Å². The standard InChI is InChI=1S/C15H24N4/c1-13(2,3)15(14(4,5)6,18-9-7-16-11-18)19-10-8-17-12-19/h7-12H,1-6H3/p+2. The maximum atomic E-state index is 3.18. The van der Waals surface area contributed by atoms with E-state index in [9.17, 15) is 0 Å². The highest BCUT2D eigenvalue weighted by Gasteiger charge is 2.61. The summed E-state index contributed by atoms with van der Waals surface area (Å²) >= 11 is 0. The monoisotopic (exact) mass is 262 g/mol. The van der Waals surface area contributed by atoms with Crippen LogP contribution < -0.4 is 9.13 Å². The lowest BCUT2D eigenvalue weighted by Gasteiger charge is -2.47. The molecule has 0 saturated heterocycles. The first kappa shape index (κ1) is 13.8. The van der Waals surface area contributed by atoms with E-state index in [0.29, 0.717) is 0 Å². The molecule has 19 heavy (non-hydrogen) atoms. The molecule has 4 heteroatoms. The van der Waals surface area contributed by atoms with E-state index < -0.39 is 0 Å². The van der Waals surface area contributed by atoms with Gasteiger partial charge in [0.2, 0.25) is 12.7 Å². The predicted molar refractivity (Wildman–Crippen MR) is 74.3 cm³/mol. The van der Waals surface area contributed by atoms with Crippen LogP contribution in [0.25, 0.3) is 0 Å². The Hall–Kier alpha value is -1.58. The van der Waals surface area contributed by atoms with Crippen molar-refractivity contribution in [1.82, 2.24) is 9.97 Å². The Morgan fingerprint density at radius 3 is 1.26 bits per heavy atom. The van der Waals surface area contributed by atoms with E-state index in [0.717, 1.165) is 0 Å². The minimum atomic E-state index is -0.208. The predicted octanol–water partition coefficient (Wildman–Crippen LogP) is 2.21. The zero-order chi connectivity index (χ0) is 14.3. The molecule has 0 aromatic carbocycles. The zero-order valence-corrected chi connectivity index (χ0v) is 12.9. The number of aromatic amines is 2. The molecule has 104 valence electrons. The Balaban J connectivity index is 2.81. The van der Waals surface area contributed by atoms with Crippen molar-refractivity contribution in [2.75, 3.05) is 0 Å². The minimum absolute atomic E-state index is 0.0327. The van der Waals surface area contributed by atoms with Crippen molar-refractivity contribution >= 4 is 0 Å². The molecule has 0 saturated carbocycles. The molecule has 0 aliphatic carbocycles. The van der Waals surface area contributed by atoms with Gasteiger partial charge in [-0.3, -0.25) is 9.97 Å². The van der Waals surface area contributed by atoms with E-state index in [2.05, 4.69) is 73.0 Å². The largest absolute Gasteiger partial charge is 0.261 e. The highest BCUT2D eigenvalue weighted by Crippen LogP contribution is 2.43. The topological polar surface area (TPSA) is 39.3 Å². The molecule has 2 heterocycles. The second-order valence-corrected chi connectivity index (χ2v) is 7.21. The van der Waals surface area contributed by atoms with Gasteiger partial charge in [-0.1, -0.05) is 41.5 Å². The molecule has 4 nitrogen and oxygen atoms in total. The maximum absolute atomic E-state index is 3.18. The van der Waals surface area contributed by atoms with Gasteiger partial charge in [-0.15, -0.1) is 0 Å². The third-order valence-electron chi connectivity index (χ3n) is 3.93. The summed E-state index contributed by atoms with van der Waals surface area (Å²) < 4.78 is 4.56. The Kier molecular flexibility index (Phi) is 3.07. The molecule has 0 amide bonds. The van der Waals surface area contributed by atoms with Crippen molar-refractivity contribution in [3.05, 3.63) is 37.4 Å². The molecule has 2 aromatic heterocycles. The van der Waals surface area contributed by atoms with Crippen LogP contribution in [-0.2, 0) is 5.66 Å². The van der Waals surface area contributed by atoms with Gasteiger partial charge in [0.05, 0.1) is 0 Å². The molecule has 0 radical (unpaired) electrons. The van der Waals surface area contributed by atoms with E-state index >= 15 is 0 Å². The van der Waals surface area contributed by atoms with Crippen LogP contribution in [0.4, 0.5) is 0 Å². The number of rotatable bonds is 2. The van der Waals surface area contributed by atoms with E-state index in [1.807, 2.05) is 25.0 Å². The SMILES string of the molecule is CC(C)(C)C([n+]1cc[nH]c1)([n+]1cc[nH]c1)C(C)(C)C. The molecule has 0 aliphatic rings. The van der Waals surface area contributed by atoms with Gasteiger partial charge in [-0.2, -0.15) is 9.13 Å². The average molecular weight is 262 g/mol. The van der Waals surface area contributed by atoms with Crippen molar-refractivity contribution < 1.29 is 9.13 Å². The van der Waals surface area contributed by atoms with Crippen molar-refractivity contribution in [1.29, 1.82) is 0 Å². The summed E-state index contributed by atoms with van der Waals surface area (Å²) in [6.45, 7) is 13.7. The van der Waals surface area contributed by atoms with Crippen LogP contribution in [0.2, 0.25) is 0 Å². The maximum Gasteiger partial charge on any atom is 0.261 e. The van der Waals surface area contributed by atoms with Gasteiger partial charge in [0.25, 0.3) is 5.66 Å². The third-order valence-corrected chi connectivity index (χ3v) is 3.93. The van der Waals surface area contributed by atoms with Gasteiger partial charge in [0.1, 0.15) is 24.8 Å². The van der Waals surface area contributed by atoms with E-state index in [1.54, 1.807) is 0 Å². The smallest absolute Gasteiger partial charge is 0.250 e. The van der Waals surface area contributed by atoms with E-state index in [1.165, 1.54) is 0 Å². The van der Waals surface area contributed by atoms with Crippen molar-refractivity contribution in [2.45, 2.75) is 47.2 Å². The van der Waals surface area contributed by atoms with Crippen molar-refractivity contribution in [3.8, 4) is 0 Å². The summed E-state index contributed by atoms with van der Waals surface area (Å²) in [6, 6.07) is 0. The van der Waals surface area contributed by atoms with Crippen LogP contribution >= 0.6 is 0 Å². The van der Waals surface area contributed by atoms with Crippen LogP contribution in [0.15, 0.2) is 37.4 Å². The molecule has 2 rings (SSSR count). The number of aromatic nitrogens is 4. The van der Waals surface area contributed by atoms with Gasteiger partial charge in [0, 0.05) is 10.8 Å². The molecule has 0 fully saturated rings. The number of hydrogen-bond acceptors (Lipinski definition) is 0. The van der Waals surface area contributed by atoms with Gasteiger partial charge < -0.3 is 0 Å². The number of H-pyrrole nitrogens is 2. The second-order valence-electron chi connectivity index (χ2n) is 7.21. The number of imidazole rings is 2. The number of hydrogen-bond donors (Lipinski definition) is 2. The Morgan fingerprint density at radius 2 is 1.05 bits per heavy atom. The molecular formula is C15H26N4+2. The number of nitrogens with zero attached hydrogens (tertiary/aromatic N) is 2. The first-order chi connectivity index (χ1) is 8.71. The van der Waals surface area contributed by atoms with Crippen molar-refractivity contribution in [2.24, 2.45) is 10.8 Å².